The molecule has 2 heterocycles. The molecule has 0 bridgehead atoms. The first kappa shape index (κ1) is 16.2. The lowest BCUT2D eigenvalue weighted by Gasteiger charge is -2.23. The van der Waals surface area contributed by atoms with E-state index in [2.05, 4.69) is 28.8 Å². The van der Waals surface area contributed by atoms with Gasteiger partial charge in [-0.1, -0.05) is 35.9 Å². The standard InChI is InChI=1S/C20H19ClN2O2/c21-19-14(12-6-8-17-13(11-12)3-2-10-22-17)4-1-5-15(19)16-7-9-18(24)23-20(16)25/h1,4-6,8,11,16,22H,2-3,7,9-10H2,(H,23,24,25). The fourth-order valence-electron chi connectivity index (χ4n) is 3.67. The van der Waals surface area contributed by atoms with E-state index in [1.165, 1.54) is 11.3 Å². The van der Waals surface area contributed by atoms with Crippen molar-refractivity contribution in [1.29, 1.82) is 0 Å². The second kappa shape index (κ2) is 6.52. The van der Waals surface area contributed by atoms with E-state index in [0.29, 0.717) is 17.9 Å². The van der Waals surface area contributed by atoms with Gasteiger partial charge in [0.1, 0.15) is 0 Å². The Morgan fingerprint density at radius 3 is 2.80 bits per heavy atom. The third-order valence-electron chi connectivity index (χ3n) is 5.00. The second-order valence-electron chi connectivity index (χ2n) is 6.61. The number of fused-ring (bicyclic) bond motifs is 1. The highest BCUT2D eigenvalue weighted by molar-refractivity contribution is 6.34. The van der Waals surface area contributed by atoms with Gasteiger partial charge in [-0.05, 0) is 48.1 Å². The number of piperidine rings is 1. The van der Waals surface area contributed by atoms with Crippen molar-refractivity contribution in [2.75, 3.05) is 11.9 Å². The molecule has 25 heavy (non-hydrogen) atoms. The minimum absolute atomic E-state index is 0.212. The molecule has 0 radical (unpaired) electrons. The lowest BCUT2D eigenvalue weighted by Crippen LogP contribution is -2.39. The molecule has 2 aromatic carbocycles. The number of hydrogen-bond acceptors (Lipinski definition) is 3. The monoisotopic (exact) mass is 354 g/mol. The zero-order valence-electron chi connectivity index (χ0n) is 13.8. The third-order valence-corrected chi connectivity index (χ3v) is 5.42. The molecule has 128 valence electrons. The highest BCUT2D eigenvalue weighted by Crippen LogP contribution is 2.38. The molecular weight excluding hydrogens is 336 g/mol. The Kier molecular flexibility index (Phi) is 4.22. The van der Waals surface area contributed by atoms with Crippen molar-refractivity contribution < 1.29 is 9.59 Å². The summed E-state index contributed by atoms with van der Waals surface area (Å²) in [6, 6.07) is 12.1. The van der Waals surface area contributed by atoms with Crippen LogP contribution in [0.3, 0.4) is 0 Å². The molecule has 4 rings (SSSR count). The summed E-state index contributed by atoms with van der Waals surface area (Å²) in [6.07, 6.45) is 3.03. The van der Waals surface area contributed by atoms with E-state index in [-0.39, 0.29) is 17.7 Å². The summed E-state index contributed by atoms with van der Waals surface area (Å²) in [7, 11) is 0. The molecule has 1 fully saturated rings. The zero-order valence-corrected chi connectivity index (χ0v) is 14.5. The topological polar surface area (TPSA) is 58.2 Å². The van der Waals surface area contributed by atoms with Crippen LogP contribution in [0.4, 0.5) is 5.69 Å². The van der Waals surface area contributed by atoms with Crippen LogP contribution in [0.2, 0.25) is 5.02 Å². The smallest absolute Gasteiger partial charge is 0.234 e. The van der Waals surface area contributed by atoms with Gasteiger partial charge in [0.25, 0.3) is 0 Å². The molecule has 0 aliphatic carbocycles. The van der Waals surface area contributed by atoms with E-state index in [4.69, 9.17) is 11.6 Å². The van der Waals surface area contributed by atoms with Gasteiger partial charge < -0.3 is 5.32 Å². The molecule has 4 nitrogen and oxygen atoms in total. The van der Waals surface area contributed by atoms with Crippen LogP contribution in [0.5, 0.6) is 0 Å². The Morgan fingerprint density at radius 2 is 1.96 bits per heavy atom. The minimum atomic E-state index is -0.371. The number of rotatable bonds is 2. The quantitative estimate of drug-likeness (QED) is 0.804. The molecule has 1 saturated heterocycles. The maximum absolute atomic E-state index is 12.2. The SMILES string of the molecule is O=C1CCC(c2cccc(-c3ccc4c(c3)CCCN4)c2Cl)C(=O)N1. The average molecular weight is 355 g/mol. The number of aryl methyl sites for hydroxylation is 1. The minimum Gasteiger partial charge on any atom is -0.385 e. The normalized spacial score (nSPS) is 19.8. The molecule has 0 spiro atoms. The fraction of sp³-hybridized carbons (Fsp3) is 0.300. The van der Waals surface area contributed by atoms with E-state index in [9.17, 15) is 9.59 Å². The maximum Gasteiger partial charge on any atom is 0.234 e. The first-order valence-corrected chi connectivity index (χ1v) is 9.00. The average Bonchev–Trinajstić information content (AvgIpc) is 2.62. The van der Waals surface area contributed by atoms with Gasteiger partial charge in [-0.25, -0.2) is 0 Å². The van der Waals surface area contributed by atoms with Crippen LogP contribution in [0.15, 0.2) is 36.4 Å². The van der Waals surface area contributed by atoms with Gasteiger partial charge in [-0.15, -0.1) is 0 Å². The molecule has 2 aliphatic heterocycles. The first-order chi connectivity index (χ1) is 12.1. The summed E-state index contributed by atoms with van der Waals surface area (Å²) in [6.45, 7) is 1.01. The van der Waals surface area contributed by atoms with Crippen molar-refractivity contribution >= 4 is 29.1 Å². The molecule has 2 aliphatic rings. The Morgan fingerprint density at radius 1 is 1.08 bits per heavy atom. The molecule has 1 atom stereocenters. The molecular formula is C20H19ClN2O2. The number of carbonyl (C=O) groups is 2. The van der Waals surface area contributed by atoms with Gasteiger partial charge in [-0.3, -0.25) is 14.9 Å². The largest absolute Gasteiger partial charge is 0.385 e. The van der Waals surface area contributed by atoms with Crippen LogP contribution >= 0.6 is 11.6 Å². The Hall–Kier alpha value is -2.33. The van der Waals surface area contributed by atoms with Crippen molar-refractivity contribution in [3.63, 3.8) is 0 Å². The fourth-order valence-corrected chi connectivity index (χ4v) is 4.04. The summed E-state index contributed by atoms with van der Waals surface area (Å²) in [5, 5.41) is 6.42. The third kappa shape index (κ3) is 3.02. The molecule has 5 heteroatoms. The van der Waals surface area contributed by atoms with E-state index in [1.54, 1.807) is 0 Å². The summed E-state index contributed by atoms with van der Waals surface area (Å²) in [5.74, 6) is -0.843. The number of hydrogen-bond donors (Lipinski definition) is 2. The number of benzene rings is 2. The van der Waals surface area contributed by atoms with Gasteiger partial charge in [-0.2, -0.15) is 0 Å². The highest BCUT2D eigenvalue weighted by Gasteiger charge is 2.30. The van der Waals surface area contributed by atoms with Crippen molar-refractivity contribution in [3.05, 3.63) is 52.5 Å². The maximum atomic E-state index is 12.2. The Bertz CT molecular complexity index is 863. The van der Waals surface area contributed by atoms with E-state index < -0.39 is 0 Å². The molecule has 2 aromatic rings. The summed E-state index contributed by atoms with van der Waals surface area (Å²) >= 11 is 6.68. The number of halogens is 1. The van der Waals surface area contributed by atoms with Gasteiger partial charge in [0.2, 0.25) is 11.8 Å². The number of amides is 2. The second-order valence-corrected chi connectivity index (χ2v) is 6.99. The van der Waals surface area contributed by atoms with Gasteiger partial charge >= 0.3 is 0 Å². The van der Waals surface area contributed by atoms with Crippen LogP contribution in [-0.4, -0.2) is 18.4 Å². The van der Waals surface area contributed by atoms with Crippen LogP contribution in [0.25, 0.3) is 11.1 Å². The van der Waals surface area contributed by atoms with Gasteiger partial charge in [0, 0.05) is 24.2 Å². The van der Waals surface area contributed by atoms with Crippen LogP contribution in [-0.2, 0) is 16.0 Å². The van der Waals surface area contributed by atoms with E-state index >= 15 is 0 Å². The predicted octanol–water partition coefficient (Wildman–Crippen LogP) is 3.89. The number of carbonyl (C=O) groups excluding carboxylic acids is 2. The van der Waals surface area contributed by atoms with Crippen molar-refractivity contribution in [2.24, 2.45) is 0 Å². The number of anilines is 1. The first-order valence-electron chi connectivity index (χ1n) is 8.63. The summed E-state index contributed by atoms with van der Waals surface area (Å²) < 4.78 is 0. The zero-order chi connectivity index (χ0) is 17.4. The van der Waals surface area contributed by atoms with Crippen LogP contribution in [0.1, 0.15) is 36.3 Å². The van der Waals surface area contributed by atoms with Crippen molar-refractivity contribution in [3.8, 4) is 11.1 Å². The number of nitrogens with one attached hydrogen (secondary N) is 2. The van der Waals surface area contributed by atoms with Gasteiger partial charge in [0.15, 0.2) is 0 Å². The lowest BCUT2D eigenvalue weighted by molar-refractivity contribution is -0.134. The Labute approximate surface area is 151 Å². The van der Waals surface area contributed by atoms with E-state index in [0.717, 1.165) is 36.1 Å². The molecule has 1 unspecified atom stereocenters. The molecule has 2 amide bonds. The van der Waals surface area contributed by atoms with E-state index in [1.807, 2.05) is 18.2 Å². The highest BCUT2D eigenvalue weighted by atomic mass is 35.5. The molecule has 0 aromatic heterocycles. The lowest BCUT2D eigenvalue weighted by atomic mass is 9.88. The van der Waals surface area contributed by atoms with Gasteiger partial charge in [0.05, 0.1) is 10.9 Å². The van der Waals surface area contributed by atoms with Crippen LogP contribution in [0, 0.1) is 0 Å². The summed E-state index contributed by atoms with van der Waals surface area (Å²) in [5.41, 5.74) is 5.26. The summed E-state index contributed by atoms with van der Waals surface area (Å²) in [4.78, 5) is 23.6. The van der Waals surface area contributed by atoms with Crippen molar-refractivity contribution in [2.45, 2.75) is 31.6 Å². The predicted molar refractivity (Wildman–Crippen MR) is 98.8 cm³/mol. The molecule has 0 saturated carbocycles. The van der Waals surface area contributed by atoms with Crippen molar-refractivity contribution in [1.82, 2.24) is 5.32 Å². The Balaban J connectivity index is 1.72. The molecule has 2 N–H and O–H groups in total. The number of imide groups is 1. The van der Waals surface area contributed by atoms with Crippen LogP contribution < -0.4 is 10.6 Å².